The average molecular weight is 305 g/mol. The third-order valence-electron chi connectivity index (χ3n) is 2.90. The van der Waals surface area contributed by atoms with Crippen LogP contribution >= 0.6 is 11.5 Å². The molecule has 0 unspecified atom stereocenters. The van der Waals surface area contributed by atoms with Crippen LogP contribution in [0.1, 0.15) is 40.3 Å². The van der Waals surface area contributed by atoms with Crippen LogP contribution in [0, 0.1) is 0 Å². The Balaban J connectivity index is 2.19. The van der Waals surface area contributed by atoms with E-state index < -0.39 is 17.9 Å². The second-order valence-corrected chi connectivity index (χ2v) is 5.21. The minimum Gasteiger partial charge on any atom is -0.479 e. The van der Waals surface area contributed by atoms with Crippen molar-refractivity contribution in [2.24, 2.45) is 0 Å². The molecular formula is C14H15N3O3S. The van der Waals surface area contributed by atoms with Crippen LogP contribution in [-0.2, 0) is 11.2 Å². The molecule has 2 N–H and O–H groups in total. The summed E-state index contributed by atoms with van der Waals surface area (Å²) in [6, 6.07) is 7.49. The number of amides is 1. The van der Waals surface area contributed by atoms with Gasteiger partial charge in [0, 0.05) is 0 Å². The van der Waals surface area contributed by atoms with E-state index in [4.69, 9.17) is 0 Å². The summed E-state index contributed by atoms with van der Waals surface area (Å²) in [7, 11) is 0. The summed E-state index contributed by atoms with van der Waals surface area (Å²) in [5.41, 5.74) is 1.13. The molecule has 6 nitrogen and oxygen atoms in total. The third kappa shape index (κ3) is 3.63. The lowest BCUT2D eigenvalue weighted by Gasteiger charge is -2.14. The average Bonchev–Trinajstić information content (AvgIpc) is 2.94. The Morgan fingerprint density at radius 2 is 2.05 bits per heavy atom. The lowest BCUT2D eigenvalue weighted by atomic mass is 10.1. The zero-order valence-electron chi connectivity index (χ0n) is 11.4. The highest BCUT2D eigenvalue weighted by molar-refractivity contribution is 7.08. The fourth-order valence-electron chi connectivity index (χ4n) is 1.91. The van der Waals surface area contributed by atoms with Crippen LogP contribution in [0.5, 0.6) is 0 Å². The summed E-state index contributed by atoms with van der Waals surface area (Å²) in [6.45, 7) is 1.98. The van der Waals surface area contributed by atoms with Crippen LogP contribution in [0.3, 0.4) is 0 Å². The number of carbonyl (C=O) groups excluding carboxylic acids is 1. The molecule has 0 fully saturated rings. The first-order valence-corrected chi connectivity index (χ1v) is 7.30. The minimum atomic E-state index is -1.11. The van der Waals surface area contributed by atoms with E-state index in [1.807, 2.05) is 6.92 Å². The number of nitrogens with one attached hydrogen (secondary N) is 1. The molecule has 0 spiro atoms. The monoisotopic (exact) mass is 305 g/mol. The van der Waals surface area contributed by atoms with E-state index in [1.54, 1.807) is 30.3 Å². The standard InChI is InChI=1S/C14H15N3O3S/c1-2-6-10-12(21-17-16-10)13(18)15-11(14(19)20)9-7-4-3-5-8-9/h3-5,7-8,11H,2,6H2,1H3,(H,15,18)(H,19,20)/t11-/m0/s1. The maximum Gasteiger partial charge on any atom is 0.330 e. The van der Waals surface area contributed by atoms with Crippen LogP contribution in [0.4, 0.5) is 0 Å². The molecular weight excluding hydrogens is 290 g/mol. The smallest absolute Gasteiger partial charge is 0.330 e. The molecule has 0 aliphatic heterocycles. The van der Waals surface area contributed by atoms with Gasteiger partial charge in [-0.3, -0.25) is 4.79 Å². The highest BCUT2D eigenvalue weighted by atomic mass is 32.1. The fourth-order valence-corrected chi connectivity index (χ4v) is 2.52. The Morgan fingerprint density at radius 3 is 2.67 bits per heavy atom. The largest absolute Gasteiger partial charge is 0.479 e. The normalized spacial score (nSPS) is 11.9. The number of hydrogen-bond donors (Lipinski definition) is 2. The van der Waals surface area contributed by atoms with Crippen LogP contribution in [-0.4, -0.2) is 26.6 Å². The molecule has 0 aliphatic rings. The van der Waals surface area contributed by atoms with Crippen LogP contribution in [0.15, 0.2) is 30.3 Å². The number of carbonyl (C=O) groups is 2. The molecule has 0 bridgehead atoms. The van der Waals surface area contributed by atoms with Gasteiger partial charge in [0.15, 0.2) is 6.04 Å². The number of carboxylic acids is 1. The molecule has 1 aromatic heterocycles. The Hall–Kier alpha value is -2.28. The summed E-state index contributed by atoms with van der Waals surface area (Å²) in [6.07, 6.45) is 1.48. The van der Waals surface area contributed by atoms with Crippen LogP contribution in [0.2, 0.25) is 0 Å². The maximum atomic E-state index is 12.2. The number of aliphatic carboxylic acids is 1. The minimum absolute atomic E-state index is 0.374. The second kappa shape index (κ2) is 6.94. The zero-order chi connectivity index (χ0) is 15.2. The number of aryl methyl sites for hydroxylation is 1. The SMILES string of the molecule is CCCc1nnsc1C(=O)N[C@H](C(=O)O)c1ccccc1. The molecule has 0 saturated heterocycles. The molecule has 0 saturated carbocycles. The molecule has 0 radical (unpaired) electrons. The van der Waals surface area contributed by atoms with Gasteiger partial charge in [-0.25, -0.2) is 4.79 Å². The molecule has 7 heteroatoms. The van der Waals surface area contributed by atoms with Gasteiger partial charge >= 0.3 is 5.97 Å². The van der Waals surface area contributed by atoms with Gasteiger partial charge < -0.3 is 10.4 Å². The van der Waals surface area contributed by atoms with Gasteiger partial charge in [-0.15, -0.1) is 5.10 Å². The van der Waals surface area contributed by atoms with E-state index in [2.05, 4.69) is 14.9 Å². The van der Waals surface area contributed by atoms with Gasteiger partial charge in [-0.05, 0) is 23.5 Å². The highest BCUT2D eigenvalue weighted by Gasteiger charge is 2.25. The molecule has 1 atom stereocenters. The summed E-state index contributed by atoms with van der Waals surface area (Å²) in [4.78, 5) is 24.0. The molecule has 110 valence electrons. The summed E-state index contributed by atoms with van der Waals surface area (Å²) >= 11 is 0.980. The predicted octanol–water partition coefficient (Wildman–Crippen LogP) is 2.05. The molecule has 21 heavy (non-hydrogen) atoms. The van der Waals surface area contributed by atoms with Crippen molar-refractivity contribution in [1.82, 2.24) is 14.9 Å². The third-order valence-corrected chi connectivity index (χ3v) is 3.67. The van der Waals surface area contributed by atoms with E-state index in [-0.39, 0.29) is 0 Å². The predicted molar refractivity (Wildman–Crippen MR) is 78.2 cm³/mol. The second-order valence-electron chi connectivity index (χ2n) is 4.45. The number of hydrogen-bond acceptors (Lipinski definition) is 5. The number of rotatable bonds is 6. The van der Waals surface area contributed by atoms with Crippen LogP contribution in [0.25, 0.3) is 0 Å². The molecule has 1 heterocycles. The molecule has 1 amide bonds. The van der Waals surface area contributed by atoms with E-state index in [9.17, 15) is 14.7 Å². The first-order chi connectivity index (χ1) is 10.1. The summed E-state index contributed by atoms with van der Waals surface area (Å²) in [5.74, 6) is -1.56. The van der Waals surface area contributed by atoms with Gasteiger partial charge in [-0.1, -0.05) is 48.2 Å². The lowest BCUT2D eigenvalue weighted by molar-refractivity contribution is -0.139. The number of carboxylic acid groups (broad SMARTS) is 1. The van der Waals surface area contributed by atoms with Crippen molar-refractivity contribution in [3.05, 3.63) is 46.5 Å². The zero-order valence-corrected chi connectivity index (χ0v) is 12.3. The van der Waals surface area contributed by atoms with Gasteiger partial charge in [0.05, 0.1) is 5.69 Å². The van der Waals surface area contributed by atoms with Crippen molar-refractivity contribution in [2.45, 2.75) is 25.8 Å². The topological polar surface area (TPSA) is 92.2 Å². The van der Waals surface area contributed by atoms with E-state index in [0.29, 0.717) is 22.6 Å². The Labute approximate surface area is 126 Å². The van der Waals surface area contributed by atoms with Crippen molar-refractivity contribution in [2.75, 3.05) is 0 Å². The Kier molecular flexibility index (Phi) is 4.99. The van der Waals surface area contributed by atoms with Gasteiger partial charge in [0.1, 0.15) is 4.88 Å². The highest BCUT2D eigenvalue weighted by Crippen LogP contribution is 2.17. The van der Waals surface area contributed by atoms with Crippen molar-refractivity contribution in [1.29, 1.82) is 0 Å². The first-order valence-electron chi connectivity index (χ1n) is 6.53. The molecule has 0 aliphatic carbocycles. The van der Waals surface area contributed by atoms with E-state index in [1.165, 1.54) is 0 Å². The van der Waals surface area contributed by atoms with Crippen molar-refractivity contribution in [3.8, 4) is 0 Å². The molecule has 1 aromatic carbocycles. The Bertz CT molecular complexity index is 627. The summed E-state index contributed by atoms with van der Waals surface area (Å²) in [5, 5.41) is 15.7. The lowest BCUT2D eigenvalue weighted by Crippen LogP contribution is -2.33. The van der Waals surface area contributed by atoms with Gasteiger partial charge in [-0.2, -0.15) is 0 Å². The quantitative estimate of drug-likeness (QED) is 0.852. The van der Waals surface area contributed by atoms with Crippen molar-refractivity contribution < 1.29 is 14.7 Å². The molecule has 2 aromatic rings. The Morgan fingerprint density at radius 1 is 1.33 bits per heavy atom. The van der Waals surface area contributed by atoms with Gasteiger partial charge in [0.2, 0.25) is 0 Å². The molecule has 2 rings (SSSR count). The number of nitrogens with zero attached hydrogens (tertiary/aromatic N) is 2. The maximum absolute atomic E-state index is 12.2. The summed E-state index contributed by atoms with van der Waals surface area (Å²) < 4.78 is 3.77. The van der Waals surface area contributed by atoms with Gasteiger partial charge in [0.25, 0.3) is 5.91 Å². The number of aromatic nitrogens is 2. The van der Waals surface area contributed by atoms with E-state index in [0.717, 1.165) is 18.0 Å². The number of benzene rings is 1. The fraction of sp³-hybridized carbons (Fsp3) is 0.286. The first kappa shape index (κ1) is 15.1. The van der Waals surface area contributed by atoms with Crippen molar-refractivity contribution in [3.63, 3.8) is 0 Å². The van der Waals surface area contributed by atoms with Crippen molar-refractivity contribution >= 4 is 23.4 Å². The van der Waals surface area contributed by atoms with Crippen LogP contribution < -0.4 is 5.32 Å². The van der Waals surface area contributed by atoms with E-state index >= 15 is 0 Å².